The predicted octanol–water partition coefficient (Wildman–Crippen LogP) is 1.73. The Morgan fingerprint density at radius 3 is 3.11 bits per heavy atom. The molecule has 18 heavy (non-hydrogen) atoms. The van der Waals surface area contributed by atoms with E-state index in [1.165, 1.54) is 12.8 Å². The van der Waals surface area contributed by atoms with Crippen LogP contribution in [0.2, 0.25) is 0 Å². The minimum atomic E-state index is 0.0167. The van der Waals surface area contributed by atoms with Crippen molar-refractivity contribution in [2.75, 3.05) is 6.54 Å². The van der Waals surface area contributed by atoms with E-state index in [4.69, 9.17) is 4.98 Å². The van der Waals surface area contributed by atoms with E-state index in [1.807, 2.05) is 10.6 Å². The summed E-state index contributed by atoms with van der Waals surface area (Å²) < 4.78 is 2.05. The van der Waals surface area contributed by atoms with Crippen molar-refractivity contribution in [3.63, 3.8) is 0 Å². The van der Waals surface area contributed by atoms with Gasteiger partial charge in [0.05, 0.1) is 0 Å². The van der Waals surface area contributed by atoms with Gasteiger partial charge in [-0.1, -0.05) is 0 Å². The number of amides is 1. The molecule has 1 amide bonds. The van der Waals surface area contributed by atoms with Gasteiger partial charge in [-0.25, -0.2) is 4.98 Å². The number of nitrogens with one attached hydrogen (secondary N) is 1. The molecule has 4 nitrogen and oxygen atoms in total. The molecule has 0 aromatic carbocycles. The number of pyridine rings is 1. The molecule has 0 radical (unpaired) electrons. The molecule has 92 valence electrons. The monoisotopic (exact) mass is 241 g/mol. The smallest absolute Gasteiger partial charge is 0.268 e. The summed E-state index contributed by atoms with van der Waals surface area (Å²) in [6, 6.07) is 6.14. The van der Waals surface area contributed by atoms with Crippen LogP contribution in [0.15, 0.2) is 18.2 Å². The zero-order chi connectivity index (χ0) is 12.1. The maximum Gasteiger partial charge on any atom is 0.268 e. The molecular weight excluding hydrogens is 226 g/mol. The molecule has 0 atom stereocenters. The topological polar surface area (TPSA) is 46.9 Å². The van der Waals surface area contributed by atoms with Crippen LogP contribution in [0, 0.1) is 5.92 Å². The molecule has 0 spiro atoms. The number of hydrogen-bond donors (Lipinski definition) is 1. The number of carbonyl (C=O) groups is 1. The summed E-state index contributed by atoms with van der Waals surface area (Å²) in [4.78, 5) is 16.5. The van der Waals surface area contributed by atoms with Crippen molar-refractivity contribution in [2.24, 2.45) is 5.92 Å². The molecule has 1 aliphatic carbocycles. The molecule has 1 aliphatic heterocycles. The van der Waals surface area contributed by atoms with Crippen molar-refractivity contribution in [1.82, 2.24) is 14.9 Å². The highest BCUT2D eigenvalue weighted by molar-refractivity contribution is 5.98. The van der Waals surface area contributed by atoms with Crippen LogP contribution in [-0.4, -0.2) is 22.0 Å². The van der Waals surface area contributed by atoms with Gasteiger partial charge in [0.15, 0.2) is 0 Å². The molecule has 1 fully saturated rings. The first-order valence-electron chi connectivity index (χ1n) is 6.58. The normalized spacial score (nSPS) is 18.8. The van der Waals surface area contributed by atoms with Crippen LogP contribution in [-0.2, 0) is 13.0 Å². The van der Waals surface area contributed by atoms with E-state index in [2.05, 4.69) is 17.4 Å². The van der Waals surface area contributed by atoms with Gasteiger partial charge in [0.1, 0.15) is 11.3 Å². The lowest BCUT2D eigenvalue weighted by Gasteiger charge is -2.16. The van der Waals surface area contributed by atoms with Crippen molar-refractivity contribution in [2.45, 2.75) is 25.8 Å². The molecule has 0 saturated heterocycles. The highest BCUT2D eigenvalue weighted by Crippen LogP contribution is 2.32. The molecule has 0 bridgehead atoms. The average Bonchev–Trinajstić information content (AvgIpc) is 3.10. The fraction of sp³-hybridized carbons (Fsp3) is 0.429. The molecule has 3 heterocycles. The number of hydrogen-bond acceptors (Lipinski definition) is 2. The van der Waals surface area contributed by atoms with Crippen LogP contribution in [0.4, 0.5) is 0 Å². The second-order valence-corrected chi connectivity index (χ2v) is 5.30. The van der Waals surface area contributed by atoms with Crippen molar-refractivity contribution >= 4 is 16.9 Å². The Morgan fingerprint density at radius 2 is 2.28 bits per heavy atom. The van der Waals surface area contributed by atoms with Crippen molar-refractivity contribution in [1.29, 1.82) is 0 Å². The van der Waals surface area contributed by atoms with Gasteiger partial charge >= 0.3 is 0 Å². The van der Waals surface area contributed by atoms with Crippen LogP contribution in [0.5, 0.6) is 0 Å². The van der Waals surface area contributed by atoms with E-state index < -0.39 is 0 Å². The summed E-state index contributed by atoms with van der Waals surface area (Å²) in [5, 5.41) is 3.94. The molecule has 4 heteroatoms. The van der Waals surface area contributed by atoms with Gasteiger partial charge in [0.2, 0.25) is 0 Å². The summed E-state index contributed by atoms with van der Waals surface area (Å²) in [6.07, 6.45) is 3.77. The summed E-state index contributed by atoms with van der Waals surface area (Å²) in [7, 11) is 0. The van der Waals surface area contributed by atoms with Gasteiger partial charge in [-0.05, 0) is 43.4 Å². The van der Waals surface area contributed by atoms with Crippen molar-refractivity contribution < 1.29 is 4.79 Å². The van der Waals surface area contributed by atoms with E-state index in [-0.39, 0.29) is 5.91 Å². The lowest BCUT2D eigenvalue weighted by Crippen LogP contribution is -2.34. The Kier molecular flexibility index (Phi) is 2.01. The molecule has 2 aromatic heterocycles. The van der Waals surface area contributed by atoms with Gasteiger partial charge in [-0.2, -0.15) is 0 Å². The van der Waals surface area contributed by atoms with Gasteiger partial charge in [-0.15, -0.1) is 0 Å². The minimum absolute atomic E-state index is 0.0167. The molecule has 0 unspecified atom stereocenters. The number of fused-ring (bicyclic) bond motifs is 3. The Morgan fingerprint density at radius 1 is 1.39 bits per heavy atom. The summed E-state index contributed by atoms with van der Waals surface area (Å²) in [5.41, 5.74) is 2.88. The molecular formula is C14H15N3O. The van der Waals surface area contributed by atoms with Crippen LogP contribution < -0.4 is 5.32 Å². The van der Waals surface area contributed by atoms with Crippen molar-refractivity contribution in [3.05, 3.63) is 29.6 Å². The first kappa shape index (κ1) is 10.1. The summed E-state index contributed by atoms with van der Waals surface area (Å²) in [6.45, 7) is 1.52. The van der Waals surface area contributed by atoms with E-state index in [1.54, 1.807) is 0 Å². The Balaban J connectivity index is 1.84. The number of nitrogens with zero attached hydrogens (tertiary/aromatic N) is 2. The van der Waals surface area contributed by atoms with Gasteiger partial charge in [0, 0.05) is 24.2 Å². The molecule has 4 rings (SSSR count). The molecule has 1 N–H and O–H groups in total. The molecule has 2 aliphatic rings. The summed E-state index contributed by atoms with van der Waals surface area (Å²) >= 11 is 0. The largest absolute Gasteiger partial charge is 0.349 e. The second-order valence-electron chi connectivity index (χ2n) is 5.30. The highest BCUT2D eigenvalue weighted by Gasteiger charge is 2.23. The van der Waals surface area contributed by atoms with E-state index >= 15 is 0 Å². The third kappa shape index (κ3) is 1.52. The highest BCUT2D eigenvalue weighted by atomic mass is 16.2. The zero-order valence-corrected chi connectivity index (χ0v) is 10.1. The minimum Gasteiger partial charge on any atom is -0.349 e. The lowest BCUT2D eigenvalue weighted by atomic mass is 10.2. The number of carbonyl (C=O) groups excluding carboxylic acids is 1. The third-order valence-electron chi connectivity index (χ3n) is 3.85. The maximum atomic E-state index is 11.8. The Hall–Kier alpha value is -1.84. The number of aromatic nitrogens is 2. The predicted molar refractivity (Wildman–Crippen MR) is 68.5 cm³/mol. The van der Waals surface area contributed by atoms with E-state index in [9.17, 15) is 4.79 Å². The van der Waals surface area contributed by atoms with E-state index in [0.717, 1.165) is 41.3 Å². The van der Waals surface area contributed by atoms with E-state index in [0.29, 0.717) is 6.54 Å². The number of rotatable bonds is 2. The first-order chi connectivity index (χ1) is 8.81. The quantitative estimate of drug-likeness (QED) is 0.870. The molecule has 1 saturated carbocycles. The fourth-order valence-electron chi connectivity index (χ4n) is 2.68. The first-order valence-corrected chi connectivity index (χ1v) is 6.58. The fourth-order valence-corrected chi connectivity index (χ4v) is 2.68. The second kappa shape index (κ2) is 3.57. The van der Waals surface area contributed by atoms with Gasteiger partial charge < -0.3 is 9.88 Å². The maximum absolute atomic E-state index is 11.8. The third-order valence-corrected chi connectivity index (χ3v) is 3.85. The summed E-state index contributed by atoms with van der Waals surface area (Å²) in [5.74, 6) is 0.858. The van der Waals surface area contributed by atoms with Crippen LogP contribution in [0.25, 0.3) is 11.0 Å². The zero-order valence-electron chi connectivity index (χ0n) is 10.1. The SMILES string of the molecule is O=C1NCCn2c1cc1ccc(CC3CC3)nc12. The molecule has 2 aromatic rings. The lowest BCUT2D eigenvalue weighted by molar-refractivity contribution is 0.0929. The standard InChI is InChI=1S/C14H15N3O/c18-14-12-8-10-3-4-11(7-9-1-2-9)16-13(10)17(12)6-5-15-14/h3-4,8-9H,1-2,5-7H2,(H,15,18). The van der Waals surface area contributed by atoms with Crippen molar-refractivity contribution in [3.8, 4) is 0 Å². The average molecular weight is 241 g/mol. The van der Waals surface area contributed by atoms with Gasteiger partial charge in [0.25, 0.3) is 5.91 Å². The van der Waals surface area contributed by atoms with Gasteiger partial charge in [-0.3, -0.25) is 4.79 Å². The Bertz CT molecular complexity index is 640. The van der Waals surface area contributed by atoms with Crippen LogP contribution >= 0.6 is 0 Å². The van der Waals surface area contributed by atoms with Crippen LogP contribution in [0.3, 0.4) is 0 Å². The Labute approximate surface area is 105 Å². The van der Waals surface area contributed by atoms with Crippen LogP contribution in [0.1, 0.15) is 29.0 Å².